The average molecular weight is 357 g/mol. The molecular formula is C17H25ClN2O4. The van der Waals surface area contributed by atoms with Crippen LogP contribution in [-0.4, -0.2) is 44.9 Å². The van der Waals surface area contributed by atoms with Crippen LogP contribution in [0.25, 0.3) is 0 Å². The predicted molar refractivity (Wildman–Crippen MR) is 93.0 cm³/mol. The number of halogens is 1. The Bertz CT molecular complexity index is 562. The molecule has 6 nitrogen and oxygen atoms in total. The van der Waals surface area contributed by atoms with Gasteiger partial charge in [0.2, 0.25) is 0 Å². The number of fused-ring (bicyclic) bond motifs is 1. The van der Waals surface area contributed by atoms with Crippen molar-refractivity contribution in [3.05, 3.63) is 23.8 Å². The first-order valence-electron chi connectivity index (χ1n) is 8.16. The van der Waals surface area contributed by atoms with Crippen LogP contribution in [0.1, 0.15) is 24.8 Å². The molecule has 2 heterocycles. The van der Waals surface area contributed by atoms with Crippen molar-refractivity contribution in [1.82, 2.24) is 10.6 Å². The largest absolute Gasteiger partial charge is 0.490 e. The zero-order valence-electron chi connectivity index (χ0n) is 13.9. The first kappa shape index (κ1) is 18.8. The number of hydrogen-bond donors (Lipinski definition) is 2. The Balaban J connectivity index is 0.00000208. The van der Waals surface area contributed by atoms with Crippen LogP contribution >= 0.6 is 12.4 Å². The van der Waals surface area contributed by atoms with Crippen LogP contribution in [0.3, 0.4) is 0 Å². The summed E-state index contributed by atoms with van der Waals surface area (Å²) in [7, 11) is 1.61. The molecule has 1 amide bonds. The first-order chi connectivity index (χ1) is 11.2. The maximum absolute atomic E-state index is 12.5. The standard InChI is InChI=1S/C17H24N2O4.ClH/c1-21-17(5-7-18-8-6-17)16(20)19-12-13-3-4-14-15(11-13)23-10-2-9-22-14;/h3-4,11,18H,2,5-10,12H2,1H3,(H,19,20);1H. The summed E-state index contributed by atoms with van der Waals surface area (Å²) in [4.78, 5) is 12.5. The van der Waals surface area contributed by atoms with E-state index in [0.717, 1.165) is 36.6 Å². The number of rotatable bonds is 4. The molecular weight excluding hydrogens is 332 g/mol. The minimum atomic E-state index is -0.712. The van der Waals surface area contributed by atoms with Gasteiger partial charge in [0.05, 0.1) is 13.2 Å². The summed E-state index contributed by atoms with van der Waals surface area (Å²) in [6.07, 6.45) is 2.26. The number of hydrogen-bond acceptors (Lipinski definition) is 5. The third-order valence-corrected chi connectivity index (χ3v) is 4.48. The molecule has 3 rings (SSSR count). The average Bonchev–Trinajstić information content (AvgIpc) is 2.85. The van der Waals surface area contributed by atoms with Gasteiger partial charge in [-0.1, -0.05) is 6.07 Å². The molecule has 0 atom stereocenters. The predicted octanol–water partition coefficient (Wildman–Crippen LogP) is 1.65. The highest BCUT2D eigenvalue weighted by Crippen LogP contribution is 2.30. The molecule has 1 aromatic rings. The molecule has 1 fully saturated rings. The zero-order chi connectivity index (χ0) is 16.1. The summed E-state index contributed by atoms with van der Waals surface area (Å²) in [5.74, 6) is 1.47. The maximum Gasteiger partial charge on any atom is 0.252 e. The van der Waals surface area contributed by atoms with Gasteiger partial charge in [-0.3, -0.25) is 4.79 Å². The highest BCUT2D eigenvalue weighted by molar-refractivity contribution is 5.85. The van der Waals surface area contributed by atoms with Gasteiger partial charge in [-0.25, -0.2) is 0 Å². The lowest BCUT2D eigenvalue weighted by molar-refractivity contribution is -0.146. The lowest BCUT2D eigenvalue weighted by Crippen LogP contribution is -2.53. The fourth-order valence-corrected chi connectivity index (χ4v) is 3.02. The Labute approximate surface area is 148 Å². The zero-order valence-corrected chi connectivity index (χ0v) is 14.7. The highest BCUT2D eigenvalue weighted by atomic mass is 35.5. The van der Waals surface area contributed by atoms with Crippen molar-refractivity contribution in [2.45, 2.75) is 31.4 Å². The molecule has 0 spiro atoms. The number of carbonyl (C=O) groups is 1. The number of amides is 1. The van der Waals surface area contributed by atoms with Crippen LogP contribution < -0.4 is 20.1 Å². The Kier molecular flexibility index (Phi) is 6.71. The van der Waals surface area contributed by atoms with Crippen molar-refractivity contribution in [1.29, 1.82) is 0 Å². The fourth-order valence-electron chi connectivity index (χ4n) is 3.02. The van der Waals surface area contributed by atoms with Crippen molar-refractivity contribution < 1.29 is 19.0 Å². The number of methoxy groups -OCH3 is 1. The third-order valence-electron chi connectivity index (χ3n) is 4.48. The molecule has 2 aliphatic rings. The van der Waals surface area contributed by atoms with E-state index in [1.807, 2.05) is 18.2 Å². The van der Waals surface area contributed by atoms with Gasteiger partial charge in [-0.15, -0.1) is 12.4 Å². The van der Waals surface area contributed by atoms with Gasteiger partial charge in [-0.05, 0) is 43.6 Å². The first-order valence-corrected chi connectivity index (χ1v) is 8.16. The van der Waals surface area contributed by atoms with Crippen LogP contribution in [0.5, 0.6) is 11.5 Å². The summed E-state index contributed by atoms with van der Waals surface area (Å²) in [6.45, 7) is 3.38. The summed E-state index contributed by atoms with van der Waals surface area (Å²) >= 11 is 0. The van der Waals surface area contributed by atoms with Gasteiger partial charge >= 0.3 is 0 Å². The van der Waals surface area contributed by atoms with Crippen LogP contribution in [-0.2, 0) is 16.1 Å². The van der Waals surface area contributed by atoms with E-state index in [4.69, 9.17) is 14.2 Å². The van der Waals surface area contributed by atoms with Gasteiger partial charge < -0.3 is 24.8 Å². The topological polar surface area (TPSA) is 68.8 Å². The van der Waals surface area contributed by atoms with E-state index in [1.165, 1.54) is 0 Å². The summed E-state index contributed by atoms with van der Waals surface area (Å²) in [6, 6.07) is 5.79. The Morgan fingerprint density at radius 1 is 1.25 bits per heavy atom. The van der Waals surface area contributed by atoms with Crippen LogP contribution in [0.2, 0.25) is 0 Å². The van der Waals surface area contributed by atoms with E-state index < -0.39 is 5.60 Å². The number of ether oxygens (including phenoxy) is 3. The normalized spacial score (nSPS) is 18.9. The fraction of sp³-hybridized carbons (Fsp3) is 0.588. The molecule has 0 aromatic heterocycles. The van der Waals surface area contributed by atoms with Gasteiger partial charge in [0.25, 0.3) is 5.91 Å². The molecule has 134 valence electrons. The van der Waals surface area contributed by atoms with Crippen LogP contribution in [0.15, 0.2) is 18.2 Å². The lowest BCUT2D eigenvalue weighted by atomic mass is 9.91. The number of piperidine rings is 1. The monoisotopic (exact) mass is 356 g/mol. The van der Waals surface area contributed by atoms with Gasteiger partial charge in [0.15, 0.2) is 11.5 Å². The van der Waals surface area contributed by atoms with Gasteiger partial charge in [0.1, 0.15) is 5.60 Å². The quantitative estimate of drug-likeness (QED) is 0.858. The molecule has 1 aromatic carbocycles. The molecule has 24 heavy (non-hydrogen) atoms. The highest BCUT2D eigenvalue weighted by Gasteiger charge is 2.39. The van der Waals surface area contributed by atoms with E-state index in [0.29, 0.717) is 32.6 Å². The molecule has 2 aliphatic heterocycles. The van der Waals surface area contributed by atoms with Crippen LogP contribution in [0.4, 0.5) is 0 Å². The number of benzene rings is 1. The summed E-state index contributed by atoms with van der Waals surface area (Å²) < 4.78 is 16.8. The Morgan fingerprint density at radius 3 is 2.67 bits per heavy atom. The van der Waals surface area contributed by atoms with Crippen molar-refractivity contribution in [3.8, 4) is 11.5 Å². The lowest BCUT2D eigenvalue weighted by Gasteiger charge is -2.34. The van der Waals surface area contributed by atoms with Gasteiger partial charge in [-0.2, -0.15) is 0 Å². The molecule has 2 N–H and O–H groups in total. The molecule has 7 heteroatoms. The van der Waals surface area contributed by atoms with Crippen molar-refractivity contribution in [3.63, 3.8) is 0 Å². The van der Waals surface area contributed by atoms with Crippen LogP contribution in [0, 0.1) is 0 Å². The molecule has 0 aliphatic carbocycles. The second kappa shape index (κ2) is 8.55. The van der Waals surface area contributed by atoms with Crippen molar-refractivity contribution in [2.24, 2.45) is 0 Å². The summed E-state index contributed by atoms with van der Waals surface area (Å²) in [5.41, 5.74) is 0.277. The molecule has 0 saturated carbocycles. The van der Waals surface area contributed by atoms with Crippen molar-refractivity contribution >= 4 is 18.3 Å². The molecule has 1 saturated heterocycles. The molecule has 0 radical (unpaired) electrons. The van der Waals surface area contributed by atoms with E-state index >= 15 is 0 Å². The minimum absolute atomic E-state index is 0. The molecule has 0 bridgehead atoms. The van der Waals surface area contributed by atoms with Crippen molar-refractivity contribution in [2.75, 3.05) is 33.4 Å². The van der Waals surface area contributed by atoms with E-state index in [1.54, 1.807) is 7.11 Å². The smallest absolute Gasteiger partial charge is 0.252 e. The maximum atomic E-state index is 12.5. The minimum Gasteiger partial charge on any atom is -0.490 e. The second-order valence-corrected chi connectivity index (χ2v) is 5.96. The van der Waals surface area contributed by atoms with E-state index in [2.05, 4.69) is 10.6 Å². The van der Waals surface area contributed by atoms with Gasteiger partial charge in [0, 0.05) is 20.1 Å². The van der Waals surface area contributed by atoms with E-state index in [-0.39, 0.29) is 18.3 Å². The Hall–Kier alpha value is -1.50. The summed E-state index contributed by atoms with van der Waals surface area (Å²) in [5, 5.41) is 6.25. The SMILES string of the molecule is COC1(C(=O)NCc2ccc3c(c2)OCCCO3)CCNCC1.Cl. The number of carbonyl (C=O) groups excluding carboxylic acids is 1. The van der Waals surface area contributed by atoms with E-state index in [9.17, 15) is 4.79 Å². The Morgan fingerprint density at radius 2 is 1.96 bits per heavy atom. The second-order valence-electron chi connectivity index (χ2n) is 5.96. The number of nitrogens with one attached hydrogen (secondary N) is 2. The third kappa shape index (κ3) is 4.12. The molecule has 0 unspecified atom stereocenters.